The molecule has 1 saturated heterocycles. The highest BCUT2D eigenvalue weighted by Crippen LogP contribution is 2.42. The summed E-state index contributed by atoms with van der Waals surface area (Å²) in [6, 6.07) is 0. The molecule has 1 rings (SSSR count). The van der Waals surface area contributed by atoms with Crippen LogP contribution in [-0.4, -0.2) is 58.5 Å². The van der Waals surface area contributed by atoms with Crippen molar-refractivity contribution in [3.63, 3.8) is 0 Å². The first kappa shape index (κ1) is 27.0. The van der Waals surface area contributed by atoms with Gasteiger partial charge < -0.3 is 23.7 Å². The van der Waals surface area contributed by atoms with E-state index in [1.165, 1.54) is 5.57 Å². The third-order valence-electron chi connectivity index (χ3n) is 6.65. The molecule has 1 fully saturated rings. The Bertz CT molecular complexity index is 585. The van der Waals surface area contributed by atoms with E-state index in [0.717, 1.165) is 31.1 Å². The van der Waals surface area contributed by atoms with Gasteiger partial charge in [-0.3, -0.25) is 4.79 Å². The Kier molecular flexibility index (Phi) is 10.9. The van der Waals surface area contributed by atoms with Crippen molar-refractivity contribution in [3.8, 4) is 0 Å². The van der Waals surface area contributed by atoms with Gasteiger partial charge in [0.05, 0.1) is 6.61 Å². The van der Waals surface area contributed by atoms with Gasteiger partial charge in [-0.1, -0.05) is 18.6 Å². The Morgan fingerprint density at radius 3 is 2.33 bits per heavy atom. The SMILES string of the molecule is COC(CC=C(C)C)(OC)C(C)CCC[C@]1(C)OCC(=CC=O)CCC1(OC)OC. The molecule has 174 valence electrons. The van der Waals surface area contributed by atoms with Crippen LogP contribution in [0.5, 0.6) is 0 Å². The summed E-state index contributed by atoms with van der Waals surface area (Å²) in [5, 5.41) is 0. The number of hydrogen-bond acceptors (Lipinski definition) is 6. The van der Waals surface area contributed by atoms with E-state index in [-0.39, 0.29) is 5.92 Å². The molecule has 1 aliphatic heterocycles. The molecule has 6 heteroatoms. The van der Waals surface area contributed by atoms with Crippen LogP contribution in [-0.2, 0) is 28.5 Å². The van der Waals surface area contributed by atoms with E-state index < -0.39 is 17.2 Å². The van der Waals surface area contributed by atoms with Crippen LogP contribution >= 0.6 is 0 Å². The van der Waals surface area contributed by atoms with Gasteiger partial charge in [0.25, 0.3) is 0 Å². The molecule has 30 heavy (non-hydrogen) atoms. The van der Waals surface area contributed by atoms with Crippen LogP contribution in [0.15, 0.2) is 23.3 Å². The summed E-state index contributed by atoms with van der Waals surface area (Å²) in [7, 11) is 6.72. The minimum Gasteiger partial charge on any atom is -0.365 e. The second-order valence-electron chi connectivity index (χ2n) is 8.64. The van der Waals surface area contributed by atoms with E-state index in [2.05, 4.69) is 26.8 Å². The lowest BCUT2D eigenvalue weighted by Gasteiger charge is -2.45. The zero-order valence-corrected chi connectivity index (χ0v) is 20.2. The molecule has 0 amide bonds. The Morgan fingerprint density at radius 2 is 1.83 bits per heavy atom. The zero-order chi connectivity index (χ0) is 22.8. The maximum absolute atomic E-state index is 10.9. The summed E-state index contributed by atoms with van der Waals surface area (Å²) in [6.45, 7) is 8.76. The third kappa shape index (κ3) is 6.24. The second kappa shape index (κ2) is 12.1. The maximum atomic E-state index is 10.9. The first-order chi connectivity index (χ1) is 14.2. The van der Waals surface area contributed by atoms with E-state index in [9.17, 15) is 4.79 Å². The smallest absolute Gasteiger partial charge is 0.197 e. The van der Waals surface area contributed by atoms with Crippen molar-refractivity contribution in [3.05, 3.63) is 23.3 Å². The summed E-state index contributed by atoms with van der Waals surface area (Å²) < 4.78 is 29.7. The average molecular weight is 427 g/mol. The first-order valence-electron chi connectivity index (χ1n) is 10.8. The summed E-state index contributed by atoms with van der Waals surface area (Å²) in [5.74, 6) is -1.33. The van der Waals surface area contributed by atoms with Gasteiger partial charge >= 0.3 is 0 Å². The molecule has 0 aromatic carbocycles. The number of methoxy groups -OCH3 is 4. The minimum atomic E-state index is -0.865. The molecule has 0 radical (unpaired) electrons. The molecular weight excluding hydrogens is 384 g/mol. The topological polar surface area (TPSA) is 63.2 Å². The Balaban J connectivity index is 2.93. The monoisotopic (exact) mass is 426 g/mol. The third-order valence-corrected chi connectivity index (χ3v) is 6.65. The van der Waals surface area contributed by atoms with Crippen LogP contribution in [0.3, 0.4) is 0 Å². The lowest BCUT2D eigenvalue weighted by atomic mass is 9.83. The van der Waals surface area contributed by atoms with Crippen LogP contribution in [0, 0.1) is 5.92 Å². The average Bonchev–Trinajstić information content (AvgIpc) is 2.86. The number of ether oxygens (including phenoxy) is 5. The van der Waals surface area contributed by atoms with Gasteiger partial charge in [0.15, 0.2) is 11.6 Å². The van der Waals surface area contributed by atoms with Gasteiger partial charge in [0.2, 0.25) is 0 Å². The van der Waals surface area contributed by atoms with Crippen LogP contribution in [0.4, 0.5) is 0 Å². The quantitative estimate of drug-likeness (QED) is 0.193. The highest BCUT2D eigenvalue weighted by atomic mass is 16.7. The fourth-order valence-electron chi connectivity index (χ4n) is 4.40. The van der Waals surface area contributed by atoms with Crippen LogP contribution < -0.4 is 0 Å². The summed E-state index contributed by atoms with van der Waals surface area (Å²) in [6.07, 6.45) is 9.13. The molecule has 0 aromatic heterocycles. The largest absolute Gasteiger partial charge is 0.365 e. The van der Waals surface area contributed by atoms with Crippen molar-refractivity contribution in [2.45, 2.75) is 83.4 Å². The summed E-state index contributed by atoms with van der Waals surface area (Å²) in [5.41, 5.74) is 1.56. The number of allylic oxidation sites excluding steroid dienone is 2. The zero-order valence-electron chi connectivity index (χ0n) is 20.2. The van der Waals surface area contributed by atoms with Gasteiger partial charge in [-0.25, -0.2) is 0 Å². The Morgan fingerprint density at radius 1 is 1.20 bits per heavy atom. The normalized spacial score (nSPS) is 24.3. The highest BCUT2D eigenvalue weighted by molar-refractivity contribution is 5.66. The van der Waals surface area contributed by atoms with E-state index in [4.69, 9.17) is 23.7 Å². The fraction of sp³-hybridized carbons (Fsp3) is 0.792. The van der Waals surface area contributed by atoms with Gasteiger partial charge in [-0.15, -0.1) is 0 Å². The van der Waals surface area contributed by atoms with Crippen molar-refractivity contribution in [2.24, 2.45) is 5.92 Å². The molecule has 0 N–H and O–H groups in total. The molecule has 0 spiro atoms. The first-order valence-corrected chi connectivity index (χ1v) is 10.8. The molecule has 0 saturated carbocycles. The van der Waals surface area contributed by atoms with Crippen molar-refractivity contribution in [2.75, 3.05) is 35.0 Å². The van der Waals surface area contributed by atoms with E-state index in [1.54, 1.807) is 34.5 Å². The van der Waals surface area contributed by atoms with Gasteiger partial charge in [0.1, 0.15) is 11.9 Å². The van der Waals surface area contributed by atoms with Gasteiger partial charge in [-0.2, -0.15) is 0 Å². The van der Waals surface area contributed by atoms with Crippen molar-refractivity contribution in [1.29, 1.82) is 0 Å². The molecule has 1 heterocycles. The number of hydrogen-bond donors (Lipinski definition) is 0. The van der Waals surface area contributed by atoms with Crippen LogP contribution in [0.2, 0.25) is 0 Å². The molecule has 0 aliphatic carbocycles. The predicted molar refractivity (Wildman–Crippen MR) is 118 cm³/mol. The lowest BCUT2D eigenvalue weighted by Crippen LogP contribution is -2.56. The Hall–Kier alpha value is -1.05. The number of rotatable bonds is 12. The van der Waals surface area contributed by atoms with Crippen LogP contribution in [0.25, 0.3) is 0 Å². The predicted octanol–water partition coefficient (Wildman–Crippen LogP) is 4.82. The highest BCUT2D eigenvalue weighted by Gasteiger charge is 2.51. The lowest BCUT2D eigenvalue weighted by molar-refractivity contribution is -0.307. The summed E-state index contributed by atoms with van der Waals surface area (Å²) >= 11 is 0. The molecule has 6 nitrogen and oxygen atoms in total. The Labute approximate surface area is 182 Å². The molecule has 2 atom stereocenters. The maximum Gasteiger partial charge on any atom is 0.197 e. The number of carbonyl (C=O) groups excluding carboxylic acids is 1. The van der Waals surface area contributed by atoms with E-state index in [0.29, 0.717) is 25.9 Å². The summed E-state index contributed by atoms with van der Waals surface area (Å²) in [4.78, 5) is 10.9. The minimum absolute atomic E-state index is 0.183. The van der Waals surface area contributed by atoms with Crippen LogP contribution in [0.1, 0.15) is 66.2 Å². The molecule has 1 aliphatic rings. The second-order valence-corrected chi connectivity index (χ2v) is 8.64. The molecule has 0 aromatic rings. The molecular formula is C24H42O6. The van der Waals surface area contributed by atoms with Crippen molar-refractivity contribution in [1.82, 2.24) is 0 Å². The fourth-order valence-corrected chi connectivity index (χ4v) is 4.40. The van der Waals surface area contributed by atoms with Gasteiger partial charge in [0, 0.05) is 47.2 Å². The molecule has 1 unspecified atom stereocenters. The van der Waals surface area contributed by atoms with E-state index >= 15 is 0 Å². The number of carbonyl (C=O) groups is 1. The van der Waals surface area contributed by atoms with Crippen molar-refractivity contribution >= 4 is 6.29 Å². The van der Waals surface area contributed by atoms with Crippen molar-refractivity contribution < 1.29 is 28.5 Å². The standard InChI is InChI=1S/C24H42O6/c1-19(2)11-15-23(26-5,27-6)20(3)10-9-14-22(4)24(28-7,29-8)16-12-21(13-17-25)18-30-22/h11,13,17,20H,9-10,12,14-16,18H2,1-8H3/t20?,22-/m0/s1. The van der Waals surface area contributed by atoms with E-state index in [1.807, 2.05) is 6.92 Å². The number of aldehydes is 1. The molecule has 0 bridgehead atoms. The van der Waals surface area contributed by atoms with Gasteiger partial charge in [-0.05, 0) is 58.1 Å².